The molecule has 4 rings (SSSR count). The Morgan fingerprint density at radius 3 is 2.11 bits per heavy atom. The summed E-state index contributed by atoms with van der Waals surface area (Å²) in [5, 5.41) is 2.45. The molecular weight excluding hydrogens is 383 g/mol. The Morgan fingerprint density at radius 1 is 1.00 bits per heavy atom. The summed E-state index contributed by atoms with van der Waals surface area (Å²) < 4.78 is 72.6. The fourth-order valence-electron chi connectivity index (χ4n) is 4.31. The smallest absolute Gasteiger partial charge is 0.257 e. The Hall–Kier alpha value is -2.42. The minimum absolute atomic E-state index is 0.162. The first kappa shape index (κ1) is 18.9. The van der Waals surface area contributed by atoms with Crippen LogP contribution >= 0.6 is 0 Å². The fourth-order valence-corrected chi connectivity index (χ4v) is 4.31. The van der Waals surface area contributed by atoms with Crippen LogP contribution in [0.2, 0.25) is 0 Å². The molecular formula is C19H17F5N2O2. The van der Waals surface area contributed by atoms with Crippen LogP contribution in [0.3, 0.4) is 0 Å². The molecule has 2 aliphatic heterocycles. The van der Waals surface area contributed by atoms with E-state index in [-0.39, 0.29) is 12.1 Å². The number of carbonyl (C=O) groups excluding carboxylic acids is 1. The third-order valence-electron chi connectivity index (χ3n) is 5.60. The number of furan rings is 1. The third-order valence-corrected chi connectivity index (χ3v) is 5.60. The van der Waals surface area contributed by atoms with Crippen LogP contribution in [0.15, 0.2) is 23.0 Å². The van der Waals surface area contributed by atoms with Gasteiger partial charge in [-0.3, -0.25) is 9.69 Å². The predicted octanol–water partition coefficient (Wildman–Crippen LogP) is 3.90. The number of hydrogen-bond donors (Lipinski definition) is 1. The Morgan fingerprint density at radius 2 is 1.57 bits per heavy atom. The number of piperidine rings is 1. The highest BCUT2D eigenvalue weighted by atomic mass is 19.2. The molecule has 1 aromatic heterocycles. The molecule has 0 radical (unpaired) electrons. The van der Waals surface area contributed by atoms with E-state index in [2.05, 4.69) is 10.2 Å². The molecule has 28 heavy (non-hydrogen) atoms. The molecule has 150 valence electrons. The lowest BCUT2D eigenvalue weighted by Crippen LogP contribution is -2.50. The molecule has 2 saturated heterocycles. The maximum atomic E-state index is 13.8. The molecule has 0 aliphatic carbocycles. The normalized spacial score (nSPS) is 24.5. The molecule has 9 heteroatoms. The lowest BCUT2D eigenvalue weighted by Gasteiger charge is -2.39. The van der Waals surface area contributed by atoms with Gasteiger partial charge in [0, 0.05) is 30.2 Å². The summed E-state index contributed by atoms with van der Waals surface area (Å²) in [4.78, 5) is 14.6. The molecule has 2 aliphatic rings. The van der Waals surface area contributed by atoms with Gasteiger partial charge in [-0.25, -0.2) is 22.0 Å². The van der Waals surface area contributed by atoms with Crippen molar-refractivity contribution in [2.24, 2.45) is 0 Å². The summed E-state index contributed by atoms with van der Waals surface area (Å²) >= 11 is 0. The van der Waals surface area contributed by atoms with Crippen LogP contribution in [-0.4, -0.2) is 28.9 Å². The summed E-state index contributed by atoms with van der Waals surface area (Å²) in [7, 11) is 0. The monoisotopic (exact) mass is 400 g/mol. The zero-order valence-corrected chi connectivity index (χ0v) is 14.7. The number of nitrogens with one attached hydrogen (secondary N) is 1. The van der Waals surface area contributed by atoms with E-state index in [0.717, 1.165) is 18.4 Å². The zero-order chi connectivity index (χ0) is 20.0. The van der Waals surface area contributed by atoms with Crippen molar-refractivity contribution >= 4 is 5.91 Å². The van der Waals surface area contributed by atoms with Crippen LogP contribution in [0.1, 0.15) is 41.6 Å². The van der Waals surface area contributed by atoms with Crippen molar-refractivity contribution in [3.63, 3.8) is 0 Å². The summed E-state index contributed by atoms with van der Waals surface area (Å²) in [6.45, 7) is 0.699. The van der Waals surface area contributed by atoms with Crippen LogP contribution in [-0.2, 0) is 6.54 Å². The van der Waals surface area contributed by atoms with Crippen molar-refractivity contribution in [3.05, 3.63) is 58.8 Å². The number of benzene rings is 1. The molecule has 2 unspecified atom stereocenters. The minimum Gasteiger partial charge on any atom is -0.472 e. The quantitative estimate of drug-likeness (QED) is 0.481. The lowest BCUT2D eigenvalue weighted by atomic mass is 9.96. The second-order valence-corrected chi connectivity index (χ2v) is 7.28. The number of fused-ring (bicyclic) bond motifs is 2. The van der Waals surface area contributed by atoms with E-state index in [1.54, 1.807) is 12.5 Å². The number of rotatable bonds is 4. The molecule has 1 N–H and O–H groups in total. The van der Waals surface area contributed by atoms with Crippen LogP contribution < -0.4 is 5.32 Å². The molecule has 3 heterocycles. The number of amides is 1. The number of nitrogens with zero attached hydrogens (tertiary/aromatic N) is 1. The van der Waals surface area contributed by atoms with Crippen molar-refractivity contribution in [3.8, 4) is 0 Å². The van der Waals surface area contributed by atoms with Gasteiger partial charge in [-0.05, 0) is 31.7 Å². The summed E-state index contributed by atoms with van der Waals surface area (Å²) in [6, 6.07) is 1.79. The molecule has 2 aromatic rings. The van der Waals surface area contributed by atoms with Crippen LogP contribution in [0.25, 0.3) is 0 Å². The van der Waals surface area contributed by atoms with Gasteiger partial charge in [-0.1, -0.05) is 0 Å². The van der Waals surface area contributed by atoms with Crippen LogP contribution in [0.5, 0.6) is 0 Å². The van der Waals surface area contributed by atoms with Gasteiger partial charge >= 0.3 is 0 Å². The van der Waals surface area contributed by atoms with E-state index in [4.69, 9.17) is 4.42 Å². The Kier molecular flexibility index (Phi) is 4.86. The molecule has 2 atom stereocenters. The van der Waals surface area contributed by atoms with Gasteiger partial charge in [0.1, 0.15) is 5.56 Å². The standard InChI is InChI=1S/C19H17F5N2O2/c20-14-13(15(21)17(23)18(24)16(14)22)19(27)25-10-5-11-1-2-12(6-10)26(11)7-9-3-4-28-8-9/h3-4,8,10-12H,1-2,5-7H2,(H,25,27). The average Bonchev–Trinajstić information content (AvgIpc) is 3.25. The highest BCUT2D eigenvalue weighted by molar-refractivity contribution is 5.95. The average molecular weight is 400 g/mol. The van der Waals surface area contributed by atoms with Gasteiger partial charge in [-0.2, -0.15) is 0 Å². The van der Waals surface area contributed by atoms with Crippen molar-refractivity contribution < 1.29 is 31.2 Å². The van der Waals surface area contributed by atoms with E-state index < -0.39 is 46.6 Å². The Labute approximate surface area is 157 Å². The van der Waals surface area contributed by atoms with Gasteiger partial charge in [0.2, 0.25) is 5.82 Å². The number of hydrogen-bond acceptors (Lipinski definition) is 3. The maximum absolute atomic E-state index is 13.8. The summed E-state index contributed by atoms with van der Waals surface area (Å²) in [5.41, 5.74) is -0.412. The molecule has 0 spiro atoms. The van der Waals surface area contributed by atoms with Gasteiger partial charge in [0.15, 0.2) is 23.3 Å². The molecule has 1 aromatic carbocycles. The van der Waals surface area contributed by atoms with Crippen LogP contribution in [0.4, 0.5) is 22.0 Å². The highest BCUT2D eigenvalue weighted by Crippen LogP contribution is 2.37. The predicted molar refractivity (Wildman–Crippen MR) is 87.8 cm³/mol. The highest BCUT2D eigenvalue weighted by Gasteiger charge is 2.41. The number of carbonyl (C=O) groups is 1. The second-order valence-electron chi connectivity index (χ2n) is 7.28. The summed E-state index contributed by atoms with van der Waals surface area (Å²) in [5.74, 6) is -12.1. The van der Waals surface area contributed by atoms with Crippen molar-refractivity contribution in [1.29, 1.82) is 0 Å². The van der Waals surface area contributed by atoms with E-state index in [1.165, 1.54) is 0 Å². The van der Waals surface area contributed by atoms with Crippen LogP contribution in [0, 0.1) is 29.1 Å². The number of halogens is 5. The van der Waals surface area contributed by atoms with Gasteiger partial charge in [0.25, 0.3) is 5.91 Å². The first-order chi connectivity index (χ1) is 13.4. The SMILES string of the molecule is O=C(NC1CC2CCC(C1)N2Cc1ccoc1)c1c(F)c(F)c(F)c(F)c1F. The van der Waals surface area contributed by atoms with Crippen molar-refractivity contribution in [1.82, 2.24) is 10.2 Å². The molecule has 1 amide bonds. The topological polar surface area (TPSA) is 45.5 Å². The van der Waals surface area contributed by atoms with Crippen molar-refractivity contribution in [2.75, 3.05) is 0 Å². The Balaban J connectivity index is 1.48. The van der Waals surface area contributed by atoms with E-state index in [0.29, 0.717) is 19.4 Å². The zero-order valence-electron chi connectivity index (χ0n) is 14.7. The molecule has 4 nitrogen and oxygen atoms in total. The fraction of sp³-hybridized carbons (Fsp3) is 0.421. The second kappa shape index (κ2) is 7.20. The first-order valence-electron chi connectivity index (χ1n) is 8.96. The minimum atomic E-state index is -2.28. The molecule has 0 saturated carbocycles. The maximum Gasteiger partial charge on any atom is 0.257 e. The third kappa shape index (κ3) is 3.17. The van der Waals surface area contributed by atoms with Gasteiger partial charge in [-0.15, -0.1) is 0 Å². The Bertz CT molecular complexity index is 859. The summed E-state index contributed by atoms with van der Waals surface area (Å²) in [6.07, 6.45) is 6.16. The lowest BCUT2D eigenvalue weighted by molar-refractivity contribution is 0.0818. The van der Waals surface area contributed by atoms with E-state index >= 15 is 0 Å². The van der Waals surface area contributed by atoms with Crippen molar-refractivity contribution in [2.45, 2.75) is 50.4 Å². The van der Waals surface area contributed by atoms with Gasteiger partial charge in [0.05, 0.1) is 12.5 Å². The first-order valence-corrected chi connectivity index (χ1v) is 8.96. The van der Waals surface area contributed by atoms with E-state index in [1.807, 2.05) is 6.07 Å². The molecule has 2 fully saturated rings. The largest absolute Gasteiger partial charge is 0.472 e. The van der Waals surface area contributed by atoms with E-state index in [9.17, 15) is 26.7 Å². The van der Waals surface area contributed by atoms with Gasteiger partial charge < -0.3 is 9.73 Å². The molecule has 2 bridgehead atoms.